The lowest BCUT2D eigenvalue weighted by Crippen LogP contribution is -2.17. The van der Waals surface area contributed by atoms with Crippen molar-refractivity contribution >= 4 is 26.3 Å². The molecule has 0 saturated carbocycles. The Morgan fingerprint density at radius 1 is 1.27 bits per heavy atom. The fourth-order valence-electron chi connectivity index (χ4n) is 3.64. The monoisotopic (exact) mass is 429 g/mol. The Kier molecular flexibility index (Phi) is 5.71. The molecule has 1 fully saturated rings. The van der Waals surface area contributed by atoms with Gasteiger partial charge in [0.1, 0.15) is 24.0 Å². The van der Waals surface area contributed by atoms with E-state index in [1.54, 1.807) is 18.6 Å². The summed E-state index contributed by atoms with van der Waals surface area (Å²) in [6.45, 7) is 3.12. The minimum Gasteiger partial charge on any atom is -0.488 e. The molecule has 0 spiro atoms. The van der Waals surface area contributed by atoms with E-state index in [1.165, 1.54) is 18.5 Å². The van der Waals surface area contributed by atoms with Gasteiger partial charge in [0, 0.05) is 52.1 Å². The highest BCUT2D eigenvalue weighted by Gasteiger charge is 2.20. The first-order valence-corrected chi connectivity index (χ1v) is 12.1. The van der Waals surface area contributed by atoms with E-state index in [0.717, 1.165) is 34.1 Å². The molecule has 0 aliphatic carbocycles. The molecule has 1 aliphatic heterocycles. The van der Waals surface area contributed by atoms with Gasteiger partial charge in [-0.3, -0.25) is 0 Å². The summed E-state index contributed by atoms with van der Waals surface area (Å²) in [7, 11) is -2.27. The molecule has 0 bridgehead atoms. The molecule has 0 radical (unpaired) electrons. The minimum atomic E-state index is -2.27. The average molecular weight is 430 g/mol. The first-order valence-electron chi connectivity index (χ1n) is 9.73. The lowest BCUT2D eigenvalue weighted by molar-refractivity contribution is 0.140. The third kappa shape index (κ3) is 4.76. The highest BCUT2D eigenvalue weighted by atomic mass is 32.2. The van der Waals surface area contributed by atoms with Crippen LogP contribution in [0, 0.1) is 12.7 Å². The zero-order valence-corrected chi connectivity index (χ0v) is 18.0. The Balaban J connectivity index is 1.73. The first kappa shape index (κ1) is 20.7. The first-order chi connectivity index (χ1) is 14.3. The Bertz CT molecular complexity index is 1210. The fourth-order valence-corrected chi connectivity index (χ4v) is 4.26. The number of hydrogen-bond donors (Lipinski definition) is 0. The number of hydrogen-bond acceptors (Lipinski definition) is 6. The number of ether oxygens (including phenoxy) is 2. The van der Waals surface area contributed by atoms with Crippen LogP contribution in [0.15, 0.2) is 41.0 Å². The molecule has 1 aliphatic rings. The van der Waals surface area contributed by atoms with E-state index in [1.807, 2.05) is 19.1 Å². The van der Waals surface area contributed by atoms with E-state index >= 15 is 0 Å². The molecule has 2 aromatic carbocycles. The highest BCUT2D eigenvalue weighted by molar-refractivity contribution is 7.92. The van der Waals surface area contributed by atoms with E-state index < -0.39 is 9.73 Å². The highest BCUT2D eigenvalue weighted by Crippen LogP contribution is 2.30. The largest absolute Gasteiger partial charge is 0.488 e. The van der Waals surface area contributed by atoms with Crippen molar-refractivity contribution in [2.24, 2.45) is 4.36 Å². The normalized spacial score (nSPS) is 16.7. The maximum absolute atomic E-state index is 13.9. The van der Waals surface area contributed by atoms with Gasteiger partial charge in [-0.1, -0.05) is 6.07 Å². The van der Waals surface area contributed by atoms with Crippen LogP contribution in [-0.4, -0.2) is 46.0 Å². The summed E-state index contributed by atoms with van der Waals surface area (Å²) in [6, 6.07) is 8.29. The average Bonchev–Trinajstić information content (AvgIpc) is 3.15. The van der Waals surface area contributed by atoms with Gasteiger partial charge in [-0.25, -0.2) is 18.6 Å². The van der Waals surface area contributed by atoms with E-state index in [4.69, 9.17) is 9.47 Å². The van der Waals surface area contributed by atoms with Crippen LogP contribution in [0.5, 0.6) is 5.75 Å². The third-order valence-electron chi connectivity index (χ3n) is 4.89. The molecule has 0 N–H and O–H groups in total. The lowest BCUT2D eigenvalue weighted by Gasteiger charge is -2.16. The van der Waals surface area contributed by atoms with Gasteiger partial charge in [0.05, 0.1) is 30.1 Å². The zero-order valence-electron chi connectivity index (χ0n) is 17.2. The topological polar surface area (TPSA) is 73.7 Å². The van der Waals surface area contributed by atoms with Crippen LogP contribution >= 0.6 is 0 Å². The molecule has 1 aromatic heterocycles. The number of rotatable bonds is 5. The summed E-state index contributed by atoms with van der Waals surface area (Å²) in [5.41, 5.74) is 3.97. The Morgan fingerprint density at radius 3 is 2.83 bits per heavy atom. The summed E-state index contributed by atoms with van der Waals surface area (Å²) in [4.78, 5) is 8.87. The smallest absolute Gasteiger partial charge is 0.126 e. The van der Waals surface area contributed by atoms with Crippen LogP contribution in [0.4, 0.5) is 10.1 Å². The molecule has 8 heteroatoms. The van der Waals surface area contributed by atoms with Gasteiger partial charge in [0.15, 0.2) is 0 Å². The number of halogens is 1. The minimum absolute atomic E-state index is 0.0726. The third-order valence-corrected chi connectivity index (χ3v) is 5.54. The van der Waals surface area contributed by atoms with Crippen molar-refractivity contribution in [3.05, 3.63) is 59.3 Å². The molecule has 158 valence electrons. The second-order valence-corrected chi connectivity index (χ2v) is 10.3. The predicted molar refractivity (Wildman–Crippen MR) is 115 cm³/mol. The summed E-state index contributed by atoms with van der Waals surface area (Å²) in [6.07, 6.45) is 5.89. The van der Waals surface area contributed by atoms with Gasteiger partial charge >= 0.3 is 0 Å². The van der Waals surface area contributed by atoms with E-state index in [2.05, 4.69) is 14.3 Å². The maximum atomic E-state index is 13.9. The molecule has 1 atom stereocenters. The number of nitrogens with zero attached hydrogens (tertiary/aromatic N) is 3. The van der Waals surface area contributed by atoms with E-state index in [0.29, 0.717) is 31.1 Å². The van der Waals surface area contributed by atoms with E-state index in [-0.39, 0.29) is 11.9 Å². The lowest BCUT2D eigenvalue weighted by atomic mass is 10.0. The van der Waals surface area contributed by atoms with Crippen molar-refractivity contribution in [3.8, 4) is 5.75 Å². The molecule has 3 aromatic rings. The van der Waals surface area contributed by atoms with Crippen molar-refractivity contribution in [3.63, 3.8) is 0 Å². The maximum Gasteiger partial charge on any atom is 0.126 e. The van der Waals surface area contributed by atoms with Crippen LogP contribution in [0.2, 0.25) is 0 Å². The summed E-state index contributed by atoms with van der Waals surface area (Å²) < 4.78 is 41.6. The van der Waals surface area contributed by atoms with Gasteiger partial charge < -0.3 is 9.47 Å². The quantitative estimate of drug-likeness (QED) is 0.608. The summed E-state index contributed by atoms with van der Waals surface area (Å²) >= 11 is 0. The Hall–Kier alpha value is -2.58. The van der Waals surface area contributed by atoms with E-state index in [9.17, 15) is 8.60 Å². The summed E-state index contributed by atoms with van der Waals surface area (Å²) in [5, 5.41) is 0.912. The molecule has 0 amide bonds. The standard InChI is InChI=1S/C22H24FN3O3S/c1-14-8-17(26-30(2,3)27)11-20-22(14)19(24-13-25-20)9-15-4-5-16(23)10-21(15)29-18-6-7-28-12-18/h4-5,8,10-11,13,18H,6-7,9,12H2,1-3H3/t18-/m1/s1. The molecule has 4 rings (SSSR count). The van der Waals surface area contributed by atoms with Crippen LogP contribution in [0.3, 0.4) is 0 Å². The van der Waals surface area contributed by atoms with Crippen molar-refractivity contribution in [1.82, 2.24) is 9.97 Å². The second-order valence-electron chi connectivity index (χ2n) is 7.78. The number of aromatic nitrogens is 2. The van der Waals surface area contributed by atoms with Crippen molar-refractivity contribution in [2.75, 3.05) is 25.7 Å². The van der Waals surface area contributed by atoms with Crippen molar-refractivity contribution in [2.45, 2.75) is 25.9 Å². The molecule has 30 heavy (non-hydrogen) atoms. The molecule has 2 heterocycles. The molecule has 1 saturated heterocycles. The van der Waals surface area contributed by atoms with Crippen LogP contribution in [0.25, 0.3) is 10.9 Å². The SMILES string of the molecule is Cc1cc(N=S(C)(C)=O)cc2ncnc(Cc3ccc(F)cc3O[C@@H]3CCOC3)c12. The Labute approximate surface area is 175 Å². The van der Waals surface area contributed by atoms with Gasteiger partial charge in [-0.05, 0) is 30.7 Å². The van der Waals surface area contributed by atoms with Crippen LogP contribution < -0.4 is 4.74 Å². The van der Waals surface area contributed by atoms with Gasteiger partial charge in [-0.15, -0.1) is 0 Å². The van der Waals surface area contributed by atoms with Gasteiger partial charge in [0.25, 0.3) is 0 Å². The van der Waals surface area contributed by atoms with Gasteiger partial charge in [-0.2, -0.15) is 4.36 Å². The predicted octanol–water partition coefficient (Wildman–Crippen LogP) is 4.19. The summed E-state index contributed by atoms with van der Waals surface area (Å²) in [5.74, 6) is 0.170. The number of aryl methyl sites for hydroxylation is 1. The van der Waals surface area contributed by atoms with Crippen LogP contribution in [-0.2, 0) is 20.9 Å². The van der Waals surface area contributed by atoms with Crippen molar-refractivity contribution < 1.29 is 18.1 Å². The van der Waals surface area contributed by atoms with Gasteiger partial charge in [0.2, 0.25) is 0 Å². The molecular formula is C22H24FN3O3S. The zero-order chi connectivity index (χ0) is 21.3. The Morgan fingerprint density at radius 2 is 2.10 bits per heavy atom. The molecule has 6 nitrogen and oxygen atoms in total. The molecule has 0 unspecified atom stereocenters. The van der Waals surface area contributed by atoms with Crippen molar-refractivity contribution in [1.29, 1.82) is 0 Å². The van der Waals surface area contributed by atoms with Crippen LogP contribution in [0.1, 0.15) is 23.2 Å². The molecular weight excluding hydrogens is 405 g/mol. The number of fused-ring (bicyclic) bond motifs is 1. The fraction of sp³-hybridized carbons (Fsp3) is 0.364. The second kappa shape index (κ2) is 8.28. The number of benzene rings is 2.